The summed E-state index contributed by atoms with van der Waals surface area (Å²) in [7, 11) is 2.82. The van der Waals surface area contributed by atoms with Gasteiger partial charge < -0.3 is 14.6 Å². The molecule has 0 saturated heterocycles. The molecule has 20 heavy (non-hydrogen) atoms. The van der Waals surface area contributed by atoms with Crippen LogP contribution in [0.4, 0.5) is 4.39 Å². The summed E-state index contributed by atoms with van der Waals surface area (Å²) in [5, 5.41) is 9.06. The van der Waals surface area contributed by atoms with Gasteiger partial charge in [-0.05, 0) is 41.5 Å². The summed E-state index contributed by atoms with van der Waals surface area (Å²) in [5.74, 6) is -1.05. The normalized spacial score (nSPS) is 10.2. The Labute approximate surface area is 115 Å². The highest BCUT2D eigenvalue weighted by Crippen LogP contribution is 2.29. The van der Waals surface area contributed by atoms with Crippen LogP contribution < -0.4 is 9.47 Å². The van der Waals surface area contributed by atoms with E-state index in [1.807, 2.05) is 0 Å². The number of aromatic carboxylic acids is 1. The van der Waals surface area contributed by atoms with Gasteiger partial charge in [0, 0.05) is 0 Å². The fraction of sp³-hybridized carbons (Fsp3) is 0.133. The topological polar surface area (TPSA) is 55.8 Å². The summed E-state index contributed by atoms with van der Waals surface area (Å²) in [4.78, 5) is 11.1. The minimum absolute atomic E-state index is 0.0792. The molecule has 0 atom stereocenters. The molecule has 2 aromatic carbocycles. The number of benzene rings is 2. The first-order valence-electron chi connectivity index (χ1n) is 5.81. The van der Waals surface area contributed by atoms with Crippen molar-refractivity contribution in [2.24, 2.45) is 0 Å². The van der Waals surface area contributed by atoms with Crippen LogP contribution in [0, 0.1) is 5.82 Å². The van der Waals surface area contributed by atoms with E-state index in [0.717, 1.165) is 0 Å². The zero-order valence-electron chi connectivity index (χ0n) is 11.0. The standard InChI is InChI=1S/C15H13FO4/c1-19-12-6-10(5-11(7-12)15(17)18)9-3-4-14(20-2)13(16)8-9/h3-8H,1-2H3,(H,17,18). The zero-order chi connectivity index (χ0) is 14.7. The van der Waals surface area contributed by atoms with E-state index < -0.39 is 11.8 Å². The minimum Gasteiger partial charge on any atom is -0.497 e. The van der Waals surface area contributed by atoms with Gasteiger partial charge in [0.2, 0.25) is 0 Å². The molecule has 0 fully saturated rings. The van der Waals surface area contributed by atoms with E-state index in [2.05, 4.69) is 0 Å². The summed E-state index contributed by atoms with van der Waals surface area (Å²) in [6.45, 7) is 0. The Morgan fingerprint density at radius 2 is 1.80 bits per heavy atom. The van der Waals surface area contributed by atoms with Crippen molar-refractivity contribution in [3.05, 3.63) is 47.8 Å². The molecule has 0 bridgehead atoms. The lowest BCUT2D eigenvalue weighted by Crippen LogP contribution is -1.98. The van der Waals surface area contributed by atoms with Gasteiger partial charge in [0.05, 0.1) is 19.8 Å². The lowest BCUT2D eigenvalue weighted by atomic mass is 10.0. The molecule has 0 amide bonds. The molecule has 5 heteroatoms. The third-order valence-corrected chi connectivity index (χ3v) is 2.87. The van der Waals surface area contributed by atoms with Gasteiger partial charge in [0.25, 0.3) is 0 Å². The molecule has 0 aliphatic heterocycles. The zero-order valence-corrected chi connectivity index (χ0v) is 11.0. The third kappa shape index (κ3) is 2.71. The Balaban J connectivity index is 2.54. The van der Waals surface area contributed by atoms with Crippen LogP contribution >= 0.6 is 0 Å². The predicted octanol–water partition coefficient (Wildman–Crippen LogP) is 3.21. The second-order valence-electron chi connectivity index (χ2n) is 4.10. The molecule has 0 radical (unpaired) electrons. The molecule has 104 valence electrons. The average Bonchev–Trinajstić information content (AvgIpc) is 2.46. The van der Waals surface area contributed by atoms with Gasteiger partial charge in [-0.1, -0.05) is 6.07 Å². The van der Waals surface area contributed by atoms with Crippen LogP contribution in [0.1, 0.15) is 10.4 Å². The van der Waals surface area contributed by atoms with Crippen molar-refractivity contribution in [3.8, 4) is 22.6 Å². The Kier molecular flexibility index (Phi) is 3.89. The van der Waals surface area contributed by atoms with E-state index in [0.29, 0.717) is 16.9 Å². The minimum atomic E-state index is -1.07. The highest BCUT2D eigenvalue weighted by Gasteiger charge is 2.11. The molecule has 2 aromatic rings. The van der Waals surface area contributed by atoms with Crippen molar-refractivity contribution in [1.29, 1.82) is 0 Å². The number of ether oxygens (including phenoxy) is 2. The predicted molar refractivity (Wildman–Crippen MR) is 71.9 cm³/mol. The fourth-order valence-electron chi connectivity index (χ4n) is 1.85. The smallest absolute Gasteiger partial charge is 0.335 e. The van der Waals surface area contributed by atoms with E-state index in [-0.39, 0.29) is 11.3 Å². The molecular weight excluding hydrogens is 263 g/mol. The Hall–Kier alpha value is -2.56. The molecular formula is C15H13FO4. The first-order valence-corrected chi connectivity index (χ1v) is 5.81. The van der Waals surface area contributed by atoms with Gasteiger partial charge in [-0.2, -0.15) is 0 Å². The van der Waals surface area contributed by atoms with Gasteiger partial charge in [0.15, 0.2) is 11.6 Å². The molecule has 0 aliphatic rings. The monoisotopic (exact) mass is 276 g/mol. The van der Waals surface area contributed by atoms with Crippen LogP contribution in [-0.4, -0.2) is 25.3 Å². The summed E-state index contributed by atoms with van der Waals surface area (Å²) in [6.07, 6.45) is 0. The molecule has 0 unspecified atom stereocenters. The van der Waals surface area contributed by atoms with E-state index in [9.17, 15) is 9.18 Å². The third-order valence-electron chi connectivity index (χ3n) is 2.87. The van der Waals surface area contributed by atoms with Crippen molar-refractivity contribution in [1.82, 2.24) is 0 Å². The van der Waals surface area contributed by atoms with Crippen LogP contribution in [0.15, 0.2) is 36.4 Å². The van der Waals surface area contributed by atoms with Crippen LogP contribution in [0.25, 0.3) is 11.1 Å². The SMILES string of the molecule is COc1cc(C(=O)O)cc(-c2ccc(OC)c(F)c2)c1. The van der Waals surface area contributed by atoms with Crippen molar-refractivity contribution in [2.45, 2.75) is 0 Å². The van der Waals surface area contributed by atoms with Crippen molar-refractivity contribution in [2.75, 3.05) is 14.2 Å². The van der Waals surface area contributed by atoms with E-state index in [1.54, 1.807) is 12.1 Å². The quantitative estimate of drug-likeness (QED) is 0.931. The fourth-order valence-corrected chi connectivity index (χ4v) is 1.85. The summed E-state index contributed by atoms with van der Waals surface area (Å²) >= 11 is 0. The number of halogens is 1. The summed E-state index contributed by atoms with van der Waals surface area (Å²) in [5.41, 5.74) is 1.18. The van der Waals surface area contributed by atoms with Crippen molar-refractivity contribution < 1.29 is 23.8 Å². The van der Waals surface area contributed by atoms with Gasteiger partial charge in [-0.15, -0.1) is 0 Å². The van der Waals surface area contributed by atoms with Gasteiger partial charge in [-0.3, -0.25) is 0 Å². The molecule has 0 heterocycles. The number of hydrogen-bond acceptors (Lipinski definition) is 3. The molecule has 1 N–H and O–H groups in total. The van der Waals surface area contributed by atoms with Crippen LogP contribution in [0.3, 0.4) is 0 Å². The van der Waals surface area contributed by atoms with Gasteiger partial charge in [0.1, 0.15) is 5.75 Å². The Morgan fingerprint density at radius 1 is 1.05 bits per heavy atom. The lowest BCUT2D eigenvalue weighted by Gasteiger charge is -2.09. The number of rotatable bonds is 4. The number of carbonyl (C=O) groups is 1. The molecule has 0 saturated carbocycles. The maximum atomic E-state index is 13.7. The first kappa shape index (κ1) is 13.9. The molecule has 0 aromatic heterocycles. The van der Waals surface area contributed by atoms with Crippen LogP contribution in [0.2, 0.25) is 0 Å². The van der Waals surface area contributed by atoms with Crippen molar-refractivity contribution >= 4 is 5.97 Å². The molecule has 4 nitrogen and oxygen atoms in total. The summed E-state index contributed by atoms with van der Waals surface area (Å²) < 4.78 is 23.6. The molecule has 0 aliphatic carbocycles. The van der Waals surface area contributed by atoms with Gasteiger partial charge in [-0.25, -0.2) is 9.18 Å². The number of carboxylic acid groups (broad SMARTS) is 1. The summed E-state index contributed by atoms with van der Waals surface area (Å²) in [6, 6.07) is 8.96. The Morgan fingerprint density at radius 3 is 2.35 bits per heavy atom. The molecule has 0 spiro atoms. The average molecular weight is 276 g/mol. The maximum absolute atomic E-state index is 13.7. The van der Waals surface area contributed by atoms with E-state index in [1.165, 1.54) is 38.5 Å². The van der Waals surface area contributed by atoms with Crippen LogP contribution in [0.5, 0.6) is 11.5 Å². The van der Waals surface area contributed by atoms with Gasteiger partial charge >= 0.3 is 5.97 Å². The molecule has 2 rings (SSSR count). The highest BCUT2D eigenvalue weighted by molar-refractivity contribution is 5.90. The highest BCUT2D eigenvalue weighted by atomic mass is 19.1. The van der Waals surface area contributed by atoms with E-state index >= 15 is 0 Å². The number of carboxylic acids is 1. The number of hydrogen-bond donors (Lipinski definition) is 1. The Bertz CT molecular complexity index is 652. The van der Waals surface area contributed by atoms with Crippen molar-refractivity contribution in [3.63, 3.8) is 0 Å². The van der Waals surface area contributed by atoms with E-state index in [4.69, 9.17) is 14.6 Å². The number of methoxy groups -OCH3 is 2. The lowest BCUT2D eigenvalue weighted by molar-refractivity contribution is 0.0696. The second kappa shape index (κ2) is 5.61. The maximum Gasteiger partial charge on any atom is 0.335 e. The first-order chi connectivity index (χ1) is 9.55. The second-order valence-corrected chi connectivity index (χ2v) is 4.10. The van der Waals surface area contributed by atoms with Crippen LogP contribution in [-0.2, 0) is 0 Å². The largest absolute Gasteiger partial charge is 0.497 e.